The lowest BCUT2D eigenvalue weighted by Crippen LogP contribution is -2.49. The third kappa shape index (κ3) is 6.60. The number of carbonyl (C=O) groups is 1. The number of ether oxygens (including phenoxy) is 3. The number of piperazine rings is 1. The number of hydrogen-bond donors (Lipinski definition) is 0. The van der Waals surface area contributed by atoms with Gasteiger partial charge in [0.15, 0.2) is 0 Å². The Bertz CT molecular complexity index is 1030. The Kier molecular flexibility index (Phi) is 8.04. The Morgan fingerprint density at radius 2 is 1.61 bits per heavy atom. The molecule has 3 aromatic rings. The average Bonchev–Trinajstić information content (AvgIpc) is 3.33. The number of nitrogens with zero attached hydrogens (tertiary/aromatic N) is 3. The molecule has 0 spiro atoms. The van der Waals surface area contributed by atoms with E-state index in [0.29, 0.717) is 37.0 Å². The van der Waals surface area contributed by atoms with Crippen LogP contribution in [0.4, 0.5) is 0 Å². The second-order valence-corrected chi connectivity index (χ2v) is 8.91. The Morgan fingerprint density at radius 1 is 0.970 bits per heavy atom. The molecule has 33 heavy (non-hydrogen) atoms. The van der Waals surface area contributed by atoms with Crippen LogP contribution in [-0.4, -0.2) is 67.1 Å². The lowest BCUT2D eigenvalue weighted by molar-refractivity contribution is 0.0615. The summed E-state index contributed by atoms with van der Waals surface area (Å²) in [7, 11) is 1.64. The van der Waals surface area contributed by atoms with Gasteiger partial charge in [-0.15, -0.1) is 11.3 Å². The molecule has 1 aromatic heterocycles. The van der Waals surface area contributed by atoms with Gasteiger partial charge in [0.2, 0.25) is 0 Å². The van der Waals surface area contributed by atoms with Crippen molar-refractivity contribution in [2.75, 3.05) is 46.4 Å². The molecule has 2 aromatic carbocycles. The van der Waals surface area contributed by atoms with Gasteiger partial charge in [0.25, 0.3) is 5.91 Å². The molecular weight excluding hydrogens is 462 g/mol. The molecule has 0 radical (unpaired) electrons. The van der Waals surface area contributed by atoms with Crippen molar-refractivity contribution >= 4 is 28.8 Å². The van der Waals surface area contributed by atoms with Gasteiger partial charge in [0.05, 0.1) is 7.11 Å². The molecule has 0 unspecified atom stereocenters. The lowest BCUT2D eigenvalue weighted by Gasteiger charge is -2.34. The molecule has 0 saturated carbocycles. The lowest BCUT2D eigenvalue weighted by atomic mass is 10.3. The number of rotatable bonds is 9. The van der Waals surface area contributed by atoms with Crippen molar-refractivity contribution in [1.82, 2.24) is 14.8 Å². The predicted molar refractivity (Wildman–Crippen MR) is 129 cm³/mol. The highest BCUT2D eigenvalue weighted by Gasteiger charge is 2.23. The molecule has 0 N–H and O–H groups in total. The number of carbonyl (C=O) groups excluding carboxylic acids is 1. The third-order valence-corrected chi connectivity index (χ3v) is 6.42. The highest BCUT2D eigenvalue weighted by Crippen LogP contribution is 2.20. The summed E-state index contributed by atoms with van der Waals surface area (Å²) in [5, 5.41) is 3.23. The molecule has 4 rings (SSSR count). The van der Waals surface area contributed by atoms with E-state index in [1.54, 1.807) is 24.6 Å². The van der Waals surface area contributed by atoms with E-state index in [0.717, 1.165) is 41.9 Å². The Morgan fingerprint density at radius 3 is 2.30 bits per heavy atom. The largest absolute Gasteiger partial charge is 0.497 e. The van der Waals surface area contributed by atoms with Crippen LogP contribution in [0.5, 0.6) is 17.2 Å². The van der Waals surface area contributed by atoms with Gasteiger partial charge < -0.3 is 19.1 Å². The van der Waals surface area contributed by atoms with Crippen molar-refractivity contribution in [2.45, 2.75) is 6.61 Å². The van der Waals surface area contributed by atoms with Crippen molar-refractivity contribution in [3.05, 3.63) is 69.6 Å². The maximum Gasteiger partial charge on any atom is 0.273 e. The highest BCUT2D eigenvalue weighted by atomic mass is 35.5. The molecule has 7 nitrogen and oxygen atoms in total. The number of halogens is 1. The fourth-order valence-electron chi connectivity index (χ4n) is 3.45. The summed E-state index contributed by atoms with van der Waals surface area (Å²) < 4.78 is 16.7. The minimum Gasteiger partial charge on any atom is -0.497 e. The number of benzene rings is 2. The quantitative estimate of drug-likeness (QED) is 0.450. The van der Waals surface area contributed by atoms with Crippen molar-refractivity contribution in [3.63, 3.8) is 0 Å². The zero-order valence-electron chi connectivity index (χ0n) is 18.4. The van der Waals surface area contributed by atoms with E-state index in [2.05, 4.69) is 9.88 Å². The SMILES string of the molecule is COc1ccc(OCCN2CCN(C(=O)c3csc(COc4ccc(Cl)cc4)n3)CC2)cc1. The van der Waals surface area contributed by atoms with Crippen LogP contribution < -0.4 is 14.2 Å². The summed E-state index contributed by atoms with van der Waals surface area (Å²) in [6, 6.07) is 14.7. The van der Waals surface area contributed by atoms with Crippen LogP contribution >= 0.6 is 22.9 Å². The summed E-state index contributed by atoms with van der Waals surface area (Å²) in [5.41, 5.74) is 0.478. The molecule has 1 amide bonds. The zero-order valence-corrected chi connectivity index (χ0v) is 20.0. The van der Waals surface area contributed by atoms with Gasteiger partial charge in [-0.3, -0.25) is 9.69 Å². The number of hydrogen-bond acceptors (Lipinski definition) is 7. The molecule has 0 bridgehead atoms. The number of thiazole rings is 1. The molecule has 0 atom stereocenters. The minimum absolute atomic E-state index is 0.0295. The Labute approximate surface area is 202 Å². The molecule has 9 heteroatoms. The first-order chi connectivity index (χ1) is 16.1. The van der Waals surface area contributed by atoms with E-state index < -0.39 is 0 Å². The topological polar surface area (TPSA) is 64.1 Å². The van der Waals surface area contributed by atoms with Gasteiger partial charge >= 0.3 is 0 Å². The van der Waals surface area contributed by atoms with Gasteiger partial charge in [-0.05, 0) is 48.5 Å². The van der Waals surface area contributed by atoms with Crippen LogP contribution in [-0.2, 0) is 6.61 Å². The molecule has 1 aliphatic heterocycles. The van der Waals surface area contributed by atoms with Gasteiger partial charge in [0, 0.05) is 43.1 Å². The molecule has 1 fully saturated rings. The smallest absolute Gasteiger partial charge is 0.273 e. The summed E-state index contributed by atoms with van der Waals surface area (Å²) in [4.78, 5) is 21.5. The van der Waals surface area contributed by atoms with Crippen molar-refractivity contribution < 1.29 is 19.0 Å². The maximum absolute atomic E-state index is 12.8. The summed E-state index contributed by atoms with van der Waals surface area (Å²) in [6.07, 6.45) is 0. The Hall–Kier alpha value is -2.81. The van der Waals surface area contributed by atoms with Gasteiger partial charge in [-0.25, -0.2) is 4.98 Å². The van der Waals surface area contributed by atoms with Gasteiger partial charge in [0.1, 0.15) is 41.2 Å². The maximum atomic E-state index is 12.8. The van der Waals surface area contributed by atoms with Crippen LogP contribution in [0.1, 0.15) is 15.5 Å². The monoisotopic (exact) mass is 487 g/mol. The van der Waals surface area contributed by atoms with Crippen molar-refractivity contribution in [3.8, 4) is 17.2 Å². The highest BCUT2D eigenvalue weighted by molar-refractivity contribution is 7.09. The average molecular weight is 488 g/mol. The first kappa shape index (κ1) is 23.4. The molecule has 174 valence electrons. The van der Waals surface area contributed by atoms with Gasteiger partial charge in [-0.1, -0.05) is 11.6 Å². The van der Waals surface area contributed by atoms with Crippen LogP contribution in [0.3, 0.4) is 0 Å². The van der Waals surface area contributed by atoms with E-state index in [4.69, 9.17) is 25.8 Å². The molecule has 1 saturated heterocycles. The van der Waals surface area contributed by atoms with E-state index in [1.165, 1.54) is 11.3 Å². The molecule has 2 heterocycles. The number of amides is 1. The summed E-state index contributed by atoms with van der Waals surface area (Å²) in [6.45, 7) is 4.72. The third-order valence-electron chi connectivity index (χ3n) is 5.34. The van der Waals surface area contributed by atoms with Crippen molar-refractivity contribution in [1.29, 1.82) is 0 Å². The summed E-state index contributed by atoms with van der Waals surface area (Å²) in [5.74, 6) is 2.32. The van der Waals surface area contributed by atoms with Crippen LogP contribution in [0, 0.1) is 0 Å². The normalized spacial score (nSPS) is 14.2. The van der Waals surface area contributed by atoms with Crippen LogP contribution in [0.2, 0.25) is 5.02 Å². The van der Waals surface area contributed by atoms with Gasteiger partial charge in [-0.2, -0.15) is 0 Å². The van der Waals surface area contributed by atoms with E-state index in [1.807, 2.05) is 41.3 Å². The van der Waals surface area contributed by atoms with E-state index >= 15 is 0 Å². The zero-order chi connectivity index (χ0) is 23.0. The standard InChI is InChI=1S/C24H26ClN3O4S/c1-30-19-6-8-20(9-7-19)31-15-14-27-10-12-28(13-11-27)24(29)22-17-33-23(26-22)16-32-21-4-2-18(25)3-5-21/h2-9,17H,10-16H2,1H3. The summed E-state index contributed by atoms with van der Waals surface area (Å²) >= 11 is 7.32. The number of methoxy groups -OCH3 is 1. The second kappa shape index (κ2) is 11.4. The van der Waals surface area contributed by atoms with Crippen LogP contribution in [0.25, 0.3) is 0 Å². The van der Waals surface area contributed by atoms with E-state index in [-0.39, 0.29) is 5.91 Å². The molecular formula is C24H26ClN3O4S. The fraction of sp³-hybridized carbons (Fsp3) is 0.333. The first-order valence-electron chi connectivity index (χ1n) is 10.7. The van der Waals surface area contributed by atoms with Crippen LogP contribution in [0.15, 0.2) is 53.9 Å². The Balaban J connectivity index is 1.18. The predicted octanol–water partition coefficient (Wildman–Crippen LogP) is 4.22. The van der Waals surface area contributed by atoms with E-state index in [9.17, 15) is 4.79 Å². The molecule has 1 aliphatic rings. The molecule has 0 aliphatic carbocycles. The van der Waals surface area contributed by atoms with Crippen molar-refractivity contribution in [2.24, 2.45) is 0 Å². The first-order valence-corrected chi connectivity index (χ1v) is 12.0. The fourth-order valence-corrected chi connectivity index (χ4v) is 4.26. The minimum atomic E-state index is -0.0295. The second-order valence-electron chi connectivity index (χ2n) is 7.53. The number of aromatic nitrogens is 1.